The SMILES string of the molecule is COc1ccc(F)c(CC=NNc2ccncc2)c1.Cl. The van der Waals surface area contributed by atoms with Gasteiger partial charge in [-0.25, -0.2) is 4.39 Å². The van der Waals surface area contributed by atoms with Gasteiger partial charge in [-0.2, -0.15) is 5.10 Å². The van der Waals surface area contributed by atoms with Crippen LogP contribution in [0.5, 0.6) is 5.75 Å². The van der Waals surface area contributed by atoms with Gasteiger partial charge >= 0.3 is 0 Å². The number of aromatic nitrogens is 1. The molecule has 2 aromatic rings. The Bertz CT molecular complexity index is 564. The van der Waals surface area contributed by atoms with Crippen LogP contribution in [-0.2, 0) is 6.42 Å². The highest BCUT2D eigenvalue weighted by Crippen LogP contribution is 2.16. The van der Waals surface area contributed by atoms with Gasteiger partial charge in [-0.15, -0.1) is 12.4 Å². The van der Waals surface area contributed by atoms with Crippen molar-refractivity contribution in [3.63, 3.8) is 0 Å². The molecule has 1 N–H and O–H groups in total. The highest BCUT2D eigenvalue weighted by molar-refractivity contribution is 5.85. The predicted octanol–water partition coefficient (Wildman–Crippen LogP) is 3.29. The fraction of sp³-hybridized carbons (Fsp3) is 0.143. The molecule has 0 unspecified atom stereocenters. The first-order valence-electron chi connectivity index (χ1n) is 5.79. The highest BCUT2D eigenvalue weighted by atomic mass is 35.5. The van der Waals surface area contributed by atoms with E-state index in [-0.39, 0.29) is 18.2 Å². The second-order valence-corrected chi connectivity index (χ2v) is 3.82. The first-order valence-corrected chi connectivity index (χ1v) is 5.79. The second-order valence-electron chi connectivity index (χ2n) is 3.82. The summed E-state index contributed by atoms with van der Waals surface area (Å²) < 4.78 is 18.6. The Morgan fingerprint density at radius 1 is 1.30 bits per heavy atom. The molecule has 0 bridgehead atoms. The molecular formula is C14H15ClFN3O. The van der Waals surface area contributed by atoms with Gasteiger partial charge in [0.2, 0.25) is 0 Å². The molecule has 0 atom stereocenters. The van der Waals surface area contributed by atoms with Crippen LogP contribution in [0.4, 0.5) is 10.1 Å². The maximum absolute atomic E-state index is 13.5. The molecule has 1 aromatic carbocycles. The van der Waals surface area contributed by atoms with E-state index in [1.807, 2.05) is 0 Å². The average Bonchev–Trinajstić information content (AvgIpc) is 2.46. The smallest absolute Gasteiger partial charge is 0.127 e. The summed E-state index contributed by atoms with van der Waals surface area (Å²) in [5.74, 6) is 0.364. The number of anilines is 1. The zero-order valence-corrected chi connectivity index (χ0v) is 11.7. The molecule has 0 saturated carbocycles. The van der Waals surface area contributed by atoms with E-state index in [0.717, 1.165) is 5.69 Å². The monoisotopic (exact) mass is 295 g/mol. The molecule has 0 radical (unpaired) electrons. The van der Waals surface area contributed by atoms with Gasteiger partial charge in [0.05, 0.1) is 12.8 Å². The van der Waals surface area contributed by atoms with Crippen LogP contribution in [0.25, 0.3) is 0 Å². The number of hydrogen-bond donors (Lipinski definition) is 1. The van der Waals surface area contributed by atoms with Crippen molar-refractivity contribution in [3.8, 4) is 5.75 Å². The van der Waals surface area contributed by atoms with Crippen molar-refractivity contribution in [2.24, 2.45) is 5.10 Å². The largest absolute Gasteiger partial charge is 0.497 e. The molecule has 1 aromatic heterocycles. The molecule has 0 amide bonds. The summed E-state index contributed by atoms with van der Waals surface area (Å²) >= 11 is 0. The fourth-order valence-corrected chi connectivity index (χ4v) is 1.53. The van der Waals surface area contributed by atoms with Crippen LogP contribution < -0.4 is 10.2 Å². The summed E-state index contributed by atoms with van der Waals surface area (Å²) in [7, 11) is 1.55. The van der Waals surface area contributed by atoms with Crippen molar-refractivity contribution < 1.29 is 9.13 Å². The minimum absolute atomic E-state index is 0. The number of rotatable bonds is 5. The third-order valence-electron chi connectivity index (χ3n) is 2.53. The lowest BCUT2D eigenvalue weighted by Gasteiger charge is -2.03. The molecular weight excluding hydrogens is 281 g/mol. The summed E-state index contributed by atoms with van der Waals surface area (Å²) in [5.41, 5.74) is 4.21. The van der Waals surface area contributed by atoms with E-state index in [4.69, 9.17) is 4.74 Å². The van der Waals surface area contributed by atoms with Crippen LogP contribution in [0.1, 0.15) is 5.56 Å². The van der Waals surface area contributed by atoms with E-state index < -0.39 is 0 Å². The molecule has 0 fully saturated rings. The van der Waals surface area contributed by atoms with Crippen LogP contribution in [-0.4, -0.2) is 18.3 Å². The van der Waals surface area contributed by atoms with Crippen molar-refractivity contribution in [2.45, 2.75) is 6.42 Å². The third kappa shape index (κ3) is 4.51. The number of benzene rings is 1. The van der Waals surface area contributed by atoms with Crippen LogP contribution in [0, 0.1) is 5.82 Å². The summed E-state index contributed by atoms with van der Waals surface area (Å²) in [5, 5.41) is 4.02. The predicted molar refractivity (Wildman–Crippen MR) is 80.3 cm³/mol. The van der Waals surface area contributed by atoms with Gasteiger partial charge in [-0.3, -0.25) is 10.4 Å². The maximum atomic E-state index is 13.5. The average molecular weight is 296 g/mol. The van der Waals surface area contributed by atoms with Crippen LogP contribution in [0.2, 0.25) is 0 Å². The Morgan fingerprint density at radius 2 is 2.05 bits per heavy atom. The quantitative estimate of drug-likeness (QED) is 0.680. The van der Waals surface area contributed by atoms with Crippen molar-refractivity contribution >= 4 is 24.3 Å². The Morgan fingerprint density at radius 3 is 2.75 bits per heavy atom. The topological polar surface area (TPSA) is 46.5 Å². The zero-order chi connectivity index (χ0) is 13.5. The van der Waals surface area contributed by atoms with Crippen molar-refractivity contribution in [2.75, 3.05) is 12.5 Å². The number of hydrazone groups is 1. The lowest BCUT2D eigenvalue weighted by molar-refractivity contribution is 0.413. The summed E-state index contributed by atoms with van der Waals surface area (Å²) in [4.78, 5) is 3.90. The zero-order valence-electron chi connectivity index (χ0n) is 10.9. The van der Waals surface area contributed by atoms with Crippen molar-refractivity contribution in [3.05, 3.63) is 54.1 Å². The van der Waals surface area contributed by atoms with E-state index >= 15 is 0 Å². The van der Waals surface area contributed by atoms with Gasteiger partial charge in [-0.05, 0) is 35.9 Å². The Kier molecular flexibility index (Phi) is 6.46. The van der Waals surface area contributed by atoms with Gasteiger partial charge in [0.1, 0.15) is 11.6 Å². The molecule has 4 nitrogen and oxygen atoms in total. The molecule has 1 heterocycles. The van der Waals surface area contributed by atoms with E-state index in [1.165, 1.54) is 6.07 Å². The molecule has 0 aliphatic heterocycles. The molecule has 20 heavy (non-hydrogen) atoms. The van der Waals surface area contributed by atoms with E-state index in [9.17, 15) is 4.39 Å². The molecule has 0 aliphatic carbocycles. The van der Waals surface area contributed by atoms with E-state index in [2.05, 4.69) is 15.5 Å². The van der Waals surface area contributed by atoms with Gasteiger partial charge < -0.3 is 4.74 Å². The van der Waals surface area contributed by atoms with Gasteiger partial charge in [0.25, 0.3) is 0 Å². The standard InChI is InChI=1S/C14H14FN3O.ClH/c1-19-13-2-3-14(15)11(10-13)4-9-17-18-12-5-7-16-8-6-12;/h2-3,5-10H,4H2,1H3,(H,16,18);1H. The maximum Gasteiger partial charge on any atom is 0.127 e. The van der Waals surface area contributed by atoms with Crippen LogP contribution in [0.15, 0.2) is 47.8 Å². The Labute approximate surface area is 123 Å². The number of halogens is 2. The normalized spacial score (nSPS) is 10.1. The number of pyridine rings is 1. The summed E-state index contributed by atoms with van der Waals surface area (Å²) in [6.07, 6.45) is 5.33. The first kappa shape index (κ1) is 15.9. The first-order chi connectivity index (χ1) is 9.29. The molecule has 106 valence electrons. The summed E-state index contributed by atoms with van der Waals surface area (Å²) in [6, 6.07) is 8.23. The lowest BCUT2D eigenvalue weighted by Crippen LogP contribution is -1.96. The van der Waals surface area contributed by atoms with E-state index in [0.29, 0.717) is 17.7 Å². The van der Waals surface area contributed by atoms with Crippen LogP contribution in [0.3, 0.4) is 0 Å². The van der Waals surface area contributed by atoms with Crippen molar-refractivity contribution in [1.82, 2.24) is 4.98 Å². The lowest BCUT2D eigenvalue weighted by atomic mass is 10.1. The molecule has 2 rings (SSSR count). The highest BCUT2D eigenvalue weighted by Gasteiger charge is 2.02. The minimum atomic E-state index is -0.267. The molecule has 6 heteroatoms. The number of ether oxygens (including phenoxy) is 1. The molecule has 0 aliphatic rings. The Balaban J connectivity index is 0.00000200. The molecule has 0 saturated heterocycles. The number of nitrogens with one attached hydrogen (secondary N) is 1. The Hall–Kier alpha value is -2.14. The minimum Gasteiger partial charge on any atom is -0.497 e. The number of nitrogens with zero attached hydrogens (tertiary/aromatic N) is 2. The third-order valence-corrected chi connectivity index (χ3v) is 2.53. The molecule has 0 spiro atoms. The fourth-order valence-electron chi connectivity index (χ4n) is 1.53. The van der Waals surface area contributed by atoms with Crippen molar-refractivity contribution in [1.29, 1.82) is 0 Å². The second kappa shape index (κ2) is 8.12. The van der Waals surface area contributed by atoms with Crippen LogP contribution >= 0.6 is 12.4 Å². The number of hydrogen-bond acceptors (Lipinski definition) is 4. The van der Waals surface area contributed by atoms with Gasteiger partial charge in [0, 0.05) is 25.0 Å². The van der Waals surface area contributed by atoms with E-state index in [1.54, 1.807) is 50.0 Å². The summed E-state index contributed by atoms with van der Waals surface area (Å²) in [6.45, 7) is 0. The van der Waals surface area contributed by atoms with Gasteiger partial charge in [0.15, 0.2) is 0 Å². The number of methoxy groups -OCH3 is 1. The van der Waals surface area contributed by atoms with Gasteiger partial charge in [-0.1, -0.05) is 0 Å².